The molecule has 0 unspecified atom stereocenters. The van der Waals surface area contributed by atoms with Gasteiger partial charge in [0.1, 0.15) is 0 Å². The van der Waals surface area contributed by atoms with E-state index >= 15 is 0 Å². The Morgan fingerprint density at radius 3 is 2.55 bits per heavy atom. The summed E-state index contributed by atoms with van der Waals surface area (Å²) in [5.74, 6) is -0.377. The second-order valence-electron chi connectivity index (χ2n) is 5.94. The molecule has 1 saturated carbocycles. The molecule has 0 saturated heterocycles. The number of carbonyl (C=O) groups is 1. The summed E-state index contributed by atoms with van der Waals surface area (Å²) in [5, 5.41) is 12.9. The number of amides is 1. The monoisotopic (exact) mass is 315 g/mol. The van der Waals surface area contributed by atoms with Gasteiger partial charge in [-0.25, -0.2) is 0 Å². The quantitative estimate of drug-likeness (QED) is 0.897. The Morgan fingerprint density at radius 2 is 1.91 bits per heavy atom. The van der Waals surface area contributed by atoms with Crippen LogP contribution in [0.2, 0.25) is 0 Å². The van der Waals surface area contributed by atoms with E-state index in [1.165, 1.54) is 12.1 Å². The first-order chi connectivity index (χ1) is 10.3. The van der Waals surface area contributed by atoms with Crippen molar-refractivity contribution >= 4 is 5.91 Å². The number of carbonyl (C=O) groups excluding carboxylic acids is 1. The van der Waals surface area contributed by atoms with E-state index in [9.17, 15) is 23.1 Å². The molecule has 0 spiro atoms. The van der Waals surface area contributed by atoms with Crippen LogP contribution in [0.25, 0.3) is 0 Å². The molecule has 1 aromatic rings. The summed E-state index contributed by atoms with van der Waals surface area (Å²) in [7, 11) is 0. The maximum atomic E-state index is 12.6. The molecule has 3 nitrogen and oxygen atoms in total. The lowest BCUT2D eigenvalue weighted by Crippen LogP contribution is -2.44. The summed E-state index contributed by atoms with van der Waals surface area (Å²) >= 11 is 0. The van der Waals surface area contributed by atoms with E-state index in [1.807, 2.05) is 0 Å². The molecule has 1 aromatic carbocycles. The Hall–Kier alpha value is -1.56. The van der Waals surface area contributed by atoms with Gasteiger partial charge in [-0.05, 0) is 24.5 Å². The van der Waals surface area contributed by atoms with Gasteiger partial charge >= 0.3 is 6.18 Å². The molecule has 0 heterocycles. The highest BCUT2D eigenvalue weighted by atomic mass is 19.4. The zero-order chi connectivity index (χ0) is 16.2. The van der Waals surface area contributed by atoms with Crippen LogP contribution in [0.4, 0.5) is 13.2 Å². The number of alkyl halides is 3. The zero-order valence-electron chi connectivity index (χ0n) is 12.2. The molecule has 1 amide bonds. The Labute approximate surface area is 127 Å². The molecule has 1 fully saturated rings. The topological polar surface area (TPSA) is 49.3 Å². The number of rotatable bonds is 4. The van der Waals surface area contributed by atoms with Crippen molar-refractivity contribution in [3.05, 3.63) is 35.4 Å². The minimum Gasteiger partial charge on any atom is -0.388 e. The van der Waals surface area contributed by atoms with Crippen molar-refractivity contribution in [1.82, 2.24) is 5.32 Å². The van der Waals surface area contributed by atoms with E-state index in [0.717, 1.165) is 31.4 Å². The molecule has 0 aromatic heterocycles. The van der Waals surface area contributed by atoms with Crippen LogP contribution in [-0.4, -0.2) is 23.2 Å². The minimum atomic E-state index is -4.41. The lowest BCUT2D eigenvalue weighted by molar-refractivity contribution is -0.137. The highest BCUT2D eigenvalue weighted by Gasteiger charge is 2.31. The van der Waals surface area contributed by atoms with Gasteiger partial charge in [0.25, 0.3) is 0 Å². The highest BCUT2D eigenvalue weighted by Crippen LogP contribution is 2.30. The van der Waals surface area contributed by atoms with E-state index in [0.29, 0.717) is 18.4 Å². The SMILES string of the molecule is O=C(Cc1cccc(C(F)(F)F)c1)NCC1(O)CCCCC1. The van der Waals surface area contributed by atoms with Crippen LogP contribution in [0.3, 0.4) is 0 Å². The third kappa shape index (κ3) is 4.73. The summed E-state index contributed by atoms with van der Waals surface area (Å²) < 4.78 is 37.8. The molecular weight excluding hydrogens is 295 g/mol. The average Bonchev–Trinajstić information content (AvgIpc) is 2.46. The first-order valence-corrected chi connectivity index (χ1v) is 7.44. The van der Waals surface area contributed by atoms with Gasteiger partial charge < -0.3 is 10.4 Å². The molecule has 2 N–H and O–H groups in total. The summed E-state index contributed by atoms with van der Waals surface area (Å²) in [6.45, 7) is 0.158. The number of aliphatic hydroxyl groups is 1. The Bertz CT molecular complexity index is 522. The van der Waals surface area contributed by atoms with Crippen molar-refractivity contribution in [2.45, 2.75) is 50.3 Å². The summed E-state index contributed by atoms with van der Waals surface area (Å²) in [4.78, 5) is 11.9. The number of nitrogens with one attached hydrogen (secondary N) is 1. The van der Waals surface area contributed by atoms with Crippen molar-refractivity contribution in [2.75, 3.05) is 6.54 Å². The van der Waals surface area contributed by atoms with E-state index in [4.69, 9.17) is 0 Å². The second kappa shape index (κ2) is 6.69. The molecule has 0 atom stereocenters. The Balaban J connectivity index is 1.89. The lowest BCUT2D eigenvalue weighted by Gasteiger charge is -2.32. The van der Waals surface area contributed by atoms with Crippen LogP contribution in [0.15, 0.2) is 24.3 Å². The number of halogens is 3. The number of hydrogen-bond acceptors (Lipinski definition) is 2. The predicted octanol–water partition coefficient (Wildman–Crippen LogP) is 3.06. The van der Waals surface area contributed by atoms with Gasteiger partial charge in [-0.3, -0.25) is 4.79 Å². The van der Waals surface area contributed by atoms with Crippen LogP contribution in [-0.2, 0) is 17.4 Å². The number of benzene rings is 1. The van der Waals surface area contributed by atoms with Gasteiger partial charge in [0, 0.05) is 6.54 Å². The van der Waals surface area contributed by atoms with Crippen LogP contribution >= 0.6 is 0 Å². The second-order valence-corrected chi connectivity index (χ2v) is 5.94. The first kappa shape index (κ1) is 16.8. The first-order valence-electron chi connectivity index (χ1n) is 7.44. The van der Waals surface area contributed by atoms with Crippen molar-refractivity contribution in [3.63, 3.8) is 0 Å². The molecule has 0 radical (unpaired) electrons. The van der Waals surface area contributed by atoms with Gasteiger partial charge in [0.15, 0.2) is 0 Å². The van der Waals surface area contributed by atoms with E-state index in [-0.39, 0.29) is 18.9 Å². The van der Waals surface area contributed by atoms with Crippen molar-refractivity contribution < 1.29 is 23.1 Å². The molecule has 6 heteroatoms. The minimum absolute atomic E-state index is 0.125. The molecule has 0 bridgehead atoms. The summed E-state index contributed by atoms with van der Waals surface area (Å²) in [6.07, 6.45) is -0.294. The maximum absolute atomic E-state index is 12.6. The van der Waals surface area contributed by atoms with Crippen LogP contribution in [0.5, 0.6) is 0 Å². The fourth-order valence-electron chi connectivity index (χ4n) is 2.76. The fraction of sp³-hybridized carbons (Fsp3) is 0.562. The van der Waals surface area contributed by atoms with Crippen molar-refractivity contribution in [1.29, 1.82) is 0 Å². The van der Waals surface area contributed by atoms with Crippen LogP contribution < -0.4 is 5.32 Å². The fourth-order valence-corrected chi connectivity index (χ4v) is 2.76. The molecule has 22 heavy (non-hydrogen) atoms. The van der Waals surface area contributed by atoms with Crippen molar-refractivity contribution in [2.24, 2.45) is 0 Å². The smallest absolute Gasteiger partial charge is 0.388 e. The van der Waals surface area contributed by atoms with Crippen LogP contribution in [0.1, 0.15) is 43.2 Å². The Morgan fingerprint density at radius 1 is 1.23 bits per heavy atom. The van der Waals surface area contributed by atoms with E-state index < -0.39 is 17.3 Å². The van der Waals surface area contributed by atoms with E-state index in [2.05, 4.69) is 5.32 Å². The third-order valence-corrected chi connectivity index (χ3v) is 4.02. The summed E-state index contributed by atoms with van der Waals surface area (Å²) in [5.41, 5.74) is -1.33. The van der Waals surface area contributed by atoms with Gasteiger partial charge in [-0.15, -0.1) is 0 Å². The molecule has 1 aliphatic rings. The standard InChI is InChI=1S/C16H20F3NO2/c17-16(18,19)13-6-4-5-12(9-13)10-14(21)20-11-15(22)7-2-1-3-8-15/h4-6,9,22H,1-3,7-8,10-11H2,(H,20,21). The number of hydrogen-bond donors (Lipinski definition) is 2. The Kier molecular flexibility index (Phi) is 5.11. The highest BCUT2D eigenvalue weighted by molar-refractivity contribution is 5.78. The molecule has 1 aliphatic carbocycles. The van der Waals surface area contributed by atoms with Gasteiger partial charge in [0.2, 0.25) is 5.91 Å². The maximum Gasteiger partial charge on any atom is 0.416 e. The van der Waals surface area contributed by atoms with Gasteiger partial charge in [-0.2, -0.15) is 13.2 Å². The average molecular weight is 315 g/mol. The zero-order valence-corrected chi connectivity index (χ0v) is 12.2. The van der Waals surface area contributed by atoms with E-state index in [1.54, 1.807) is 0 Å². The molecule has 122 valence electrons. The lowest BCUT2D eigenvalue weighted by atomic mass is 9.85. The van der Waals surface area contributed by atoms with Crippen molar-refractivity contribution in [3.8, 4) is 0 Å². The normalized spacial score (nSPS) is 18.0. The molecular formula is C16H20F3NO2. The summed E-state index contributed by atoms with van der Waals surface area (Å²) in [6, 6.07) is 4.74. The molecule has 2 rings (SSSR count). The predicted molar refractivity (Wildman–Crippen MR) is 76.2 cm³/mol. The van der Waals surface area contributed by atoms with Crippen LogP contribution in [0, 0.1) is 0 Å². The van der Waals surface area contributed by atoms with Gasteiger partial charge in [-0.1, -0.05) is 37.5 Å². The molecule has 0 aliphatic heterocycles. The largest absolute Gasteiger partial charge is 0.416 e. The van der Waals surface area contributed by atoms with Gasteiger partial charge in [0.05, 0.1) is 17.6 Å². The third-order valence-electron chi connectivity index (χ3n) is 4.02.